The fraction of sp³-hybridized carbons (Fsp3) is 0.143. The van der Waals surface area contributed by atoms with Crippen molar-refractivity contribution < 1.29 is 0 Å². The first-order chi connectivity index (χ1) is 3.77. The van der Waals surface area contributed by atoms with Crippen LogP contribution in [0.1, 0.15) is 6.92 Å². The summed E-state index contributed by atoms with van der Waals surface area (Å²) in [5.74, 6) is 0. The van der Waals surface area contributed by atoms with Crippen molar-refractivity contribution >= 4 is 15.9 Å². The molecule has 0 aliphatic heterocycles. The summed E-state index contributed by atoms with van der Waals surface area (Å²) in [7, 11) is 0. The Balaban J connectivity index is 3.50. The Bertz CT molecular complexity index is 120. The predicted molar refractivity (Wildman–Crippen MR) is 42.0 cm³/mol. The smallest absolute Gasteiger partial charge is 0.0103 e. The van der Waals surface area contributed by atoms with E-state index in [1.807, 2.05) is 31.2 Å². The molecule has 44 valence electrons. The normalized spacial score (nSPS) is 11.2. The highest BCUT2D eigenvalue weighted by molar-refractivity contribution is 9.11. The van der Waals surface area contributed by atoms with Crippen molar-refractivity contribution in [2.24, 2.45) is 0 Å². The van der Waals surface area contributed by atoms with Crippen molar-refractivity contribution in [3.63, 3.8) is 0 Å². The van der Waals surface area contributed by atoms with Crippen LogP contribution in [0.5, 0.6) is 0 Å². The van der Waals surface area contributed by atoms with Gasteiger partial charge in [-0.3, -0.25) is 0 Å². The molecule has 0 unspecified atom stereocenters. The largest absolute Gasteiger partial charge is 0.0877 e. The van der Waals surface area contributed by atoms with Gasteiger partial charge in [-0.15, -0.1) is 0 Å². The number of hydrogen-bond donors (Lipinski definition) is 0. The second-order valence-corrected chi connectivity index (χ2v) is 2.35. The molecule has 0 aromatic carbocycles. The van der Waals surface area contributed by atoms with E-state index in [1.54, 1.807) is 0 Å². The van der Waals surface area contributed by atoms with Crippen LogP contribution in [-0.2, 0) is 0 Å². The quantitative estimate of drug-likeness (QED) is 0.563. The second kappa shape index (κ2) is 4.85. The average molecular weight is 173 g/mol. The van der Waals surface area contributed by atoms with Gasteiger partial charge < -0.3 is 0 Å². The number of hydrogen-bond acceptors (Lipinski definition) is 0. The zero-order valence-electron chi connectivity index (χ0n) is 4.89. The summed E-state index contributed by atoms with van der Waals surface area (Å²) in [6, 6.07) is 0. The van der Waals surface area contributed by atoms with Gasteiger partial charge in [0.05, 0.1) is 0 Å². The minimum atomic E-state index is 0.899. The van der Waals surface area contributed by atoms with Gasteiger partial charge in [0, 0.05) is 4.48 Å². The molecule has 0 amide bonds. The van der Waals surface area contributed by atoms with Crippen LogP contribution in [0.25, 0.3) is 0 Å². The summed E-state index contributed by atoms with van der Waals surface area (Å²) in [6.07, 6.45) is 7.73. The first kappa shape index (κ1) is 7.70. The molecule has 0 rings (SSSR count). The summed E-state index contributed by atoms with van der Waals surface area (Å²) in [5.41, 5.74) is 0. The second-order valence-electron chi connectivity index (χ2n) is 1.33. The Morgan fingerprint density at radius 3 is 2.50 bits per heavy atom. The number of allylic oxidation sites excluding steroid dienone is 5. The van der Waals surface area contributed by atoms with E-state index in [-0.39, 0.29) is 0 Å². The fourth-order valence-corrected chi connectivity index (χ4v) is 0.424. The summed E-state index contributed by atoms with van der Waals surface area (Å²) < 4.78 is 0.899. The molecule has 0 atom stereocenters. The van der Waals surface area contributed by atoms with Crippen molar-refractivity contribution in [3.05, 3.63) is 35.4 Å². The third-order valence-electron chi connectivity index (χ3n) is 0.581. The van der Waals surface area contributed by atoms with Crippen LogP contribution in [0, 0.1) is 0 Å². The van der Waals surface area contributed by atoms with E-state index in [0.717, 1.165) is 4.48 Å². The molecular weight excluding hydrogens is 164 g/mol. The summed E-state index contributed by atoms with van der Waals surface area (Å²) in [5, 5.41) is 0. The lowest BCUT2D eigenvalue weighted by Gasteiger charge is -1.75. The maximum atomic E-state index is 3.62. The van der Waals surface area contributed by atoms with Crippen LogP contribution < -0.4 is 0 Å². The van der Waals surface area contributed by atoms with Gasteiger partial charge in [-0.2, -0.15) is 0 Å². The molecule has 0 saturated carbocycles. The van der Waals surface area contributed by atoms with Crippen LogP contribution in [0.4, 0.5) is 0 Å². The highest BCUT2D eigenvalue weighted by atomic mass is 79.9. The lowest BCUT2D eigenvalue weighted by molar-refractivity contribution is 1.73. The maximum absolute atomic E-state index is 3.62. The van der Waals surface area contributed by atoms with Gasteiger partial charge in [-0.05, 0) is 13.0 Å². The third-order valence-corrected chi connectivity index (χ3v) is 0.845. The van der Waals surface area contributed by atoms with Crippen LogP contribution in [-0.4, -0.2) is 0 Å². The molecule has 0 saturated heterocycles. The van der Waals surface area contributed by atoms with Crippen LogP contribution >= 0.6 is 15.9 Å². The van der Waals surface area contributed by atoms with Crippen LogP contribution in [0.2, 0.25) is 0 Å². The monoisotopic (exact) mass is 172 g/mol. The van der Waals surface area contributed by atoms with Gasteiger partial charge in [0.2, 0.25) is 0 Å². The van der Waals surface area contributed by atoms with Gasteiger partial charge in [0.25, 0.3) is 0 Å². The van der Waals surface area contributed by atoms with Crippen molar-refractivity contribution in [1.29, 1.82) is 0 Å². The molecule has 8 heavy (non-hydrogen) atoms. The van der Waals surface area contributed by atoms with Gasteiger partial charge in [-0.1, -0.05) is 40.7 Å². The van der Waals surface area contributed by atoms with E-state index in [1.165, 1.54) is 0 Å². The van der Waals surface area contributed by atoms with Gasteiger partial charge in [0.15, 0.2) is 0 Å². The van der Waals surface area contributed by atoms with E-state index in [4.69, 9.17) is 0 Å². The highest BCUT2D eigenvalue weighted by Crippen LogP contribution is 2.00. The Labute approximate surface area is 58.7 Å². The predicted octanol–water partition coefficient (Wildman–Crippen LogP) is 3.03. The molecule has 0 aliphatic rings. The first-order valence-corrected chi connectivity index (χ1v) is 3.20. The lowest BCUT2D eigenvalue weighted by atomic mass is 10.4. The minimum Gasteiger partial charge on any atom is -0.0877 e. The summed E-state index contributed by atoms with van der Waals surface area (Å²) in [6.45, 7) is 5.60. The molecule has 0 aliphatic carbocycles. The zero-order valence-corrected chi connectivity index (χ0v) is 6.48. The average Bonchev–Trinajstić information content (AvgIpc) is 1.66. The van der Waals surface area contributed by atoms with E-state index in [2.05, 4.69) is 22.5 Å². The summed E-state index contributed by atoms with van der Waals surface area (Å²) >= 11 is 3.19. The maximum Gasteiger partial charge on any atom is 0.0103 e. The fourth-order valence-electron chi connectivity index (χ4n) is 0.271. The van der Waals surface area contributed by atoms with Crippen LogP contribution in [0.15, 0.2) is 35.4 Å². The summed E-state index contributed by atoms with van der Waals surface area (Å²) in [4.78, 5) is 0. The van der Waals surface area contributed by atoms with Crippen LogP contribution in [0.3, 0.4) is 0 Å². The van der Waals surface area contributed by atoms with Crippen molar-refractivity contribution in [1.82, 2.24) is 0 Å². The molecular formula is C7H9Br. The molecule has 1 heteroatoms. The van der Waals surface area contributed by atoms with E-state index >= 15 is 0 Å². The zero-order chi connectivity index (χ0) is 6.41. The van der Waals surface area contributed by atoms with E-state index < -0.39 is 0 Å². The molecule has 0 nitrogen and oxygen atoms in total. The van der Waals surface area contributed by atoms with Gasteiger partial charge in [-0.25, -0.2) is 0 Å². The SMILES string of the molecule is C=C(Br)C=CC=CC. The lowest BCUT2D eigenvalue weighted by Crippen LogP contribution is -1.51. The highest BCUT2D eigenvalue weighted by Gasteiger charge is 1.69. The molecule has 0 aromatic rings. The van der Waals surface area contributed by atoms with Gasteiger partial charge in [0.1, 0.15) is 0 Å². The van der Waals surface area contributed by atoms with E-state index in [0.29, 0.717) is 0 Å². The molecule has 0 spiro atoms. The van der Waals surface area contributed by atoms with Crippen molar-refractivity contribution in [2.75, 3.05) is 0 Å². The minimum absolute atomic E-state index is 0.899. The Morgan fingerprint density at radius 2 is 2.12 bits per heavy atom. The molecule has 0 fully saturated rings. The Hall–Kier alpha value is -0.300. The van der Waals surface area contributed by atoms with Gasteiger partial charge >= 0.3 is 0 Å². The molecule has 0 bridgehead atoms. The molecule has 0 N–H and O–H groups in total. The van der Waals surface area contributed by atoms with Crippen molar-refractivity contribution in [2.45, 2.75) is 6.92 Å². The molecule has 0 aromatic heterocycles. The van der Waals surface area contributed by atoms with Crippen molar-refractivity contribution in [3.8, 4) is 0 Å². The molecule has 0 heterocycles. The Morgan fingerprint density at radius 1 is 1.50 bits per heavy atom. The Kier molecular flexibility index (Phi) is 4.67. The first-order valence-electron chi connectivity index (χ1n) is 2.41. The number of halogens is 1. The standard InChI is InChI=1S/C7H9Br/c1-3-4-5-6-7(2)8/h3-6H,2H2,1H3. The number of rotatable bonds is 2. The third kappa shape index (κ3) is 5.70. The molecule has 0 radical (unpaired) electrons. The van der Waals surface area contributed by atoms with E-state index in [9.17, 15) is 0 Å². The topological polar surface area (TPSA) is 0 Å².